The van der Waals surface area contributed by atoms with Crippen LogP contribution in [0.4, 0.5) is 0 Å². The number of unbranched alkanes of at least 4 members (excludes halogenated alkanes) is 15. The maximum absolute atomic E-state index is 2.59. The minimum Gasteiger partial charge on any atom is -0.356 e. The quantitative estimate of drug-likeness (QED) is 0.171. The Kier molecular flexibility index (Phi) is 15.9. The summed E-state index contributed by atoms with van der Waals surface area (Å²) in [5.74, 6) is 0. The van der Waals surface area contributed by atoms with Gasteiger partial charge in [0, 0.05) is 31.9 Å². The van der Waals surface area contributed by atoms with Crippen molar-refractivity contribution in [3.05, 3.63) is 48.3 Å². The lowest BCUT2D eigenvalue weighted by atomic mass is 10.0. The Hall–Kier alpha value is -1.44. The van der Waals surface area contributed by atoms with Crippen molar-refractivity contribution >= 4 is 0 Å². The standard InChI is InChI=1S/C31H54N2/c1-3-5-6-7-8-9-10-11-12-13-14-15-16-17-18-22-26-33-28-27-32(25-4-2)31(33)29-30-23-20-19-21-24-30/h19-21,23-24,27-28,31H,3-18,22,25-26,29H2,1-2H3. The van der Waals surface area contributed by atoms with E-state index in [0.29, 0.717) is 6.17 Å². The van der Waals surface area contributed by atoms with Gasteiger partial charge in [-0.3, -0.25) is 0 Å². The third-order valence-corrected chi connectivity index (χ3v) is 7.23. The minimum atomic E-state index is 0.503. The minimum absolute atomic E-state index is 0.503. The van der Waals surface area contributed by atoms with Crippen LogP contribution >= 0.6 is 0 Å². The summed E-state index contributed by atoms with van der Waals surface area (Å²) in [6.07, 6.45) is 30.5. The number of hydrogen-bond donors (Lipinski definition) is 0. The summed E-state index contributed by atoms with van der Waals surface area (Å²) in [5, 5.41) is 0. The molecule has 1 atom stereocenters. The van der Waals surface area contributed by atoms with Crippen molar-refractivity contribution in [2.45, 2.75) is 136 Å². The molecule has 0 amide bonds. The highest BCUT2D eigenvalue weighted by atomic mass is 15.4. The largest absolute Gasteiger partial charge is 0.356 e. The van der Waals surface area contributed by atoms with E-state index in [9.17, 15) is 0 Å². The molecule has 1 aromatic carbocycles. The van der Waals surface area contributed by atoms with Crippen LogP contribution in [0.2, 0.25) is 0 Å². The molecule has 188 valence electrons. The van der Waals surface area contributed by atoms with E-state index >= 15 is 0 Å². The van der Waals surface area contributed by atoms with E-state index < -0.39 is 0 Å². The van der Waals surface area contributed by atoms with Gasteiger partial charge in [0.15, 0.2) is 0 Å². The summed E-state index contributed by atoms with van der Waals surface area (Å²) in [6, 6.07) is 11.0. The normalized spacial score (nSPS) is 15.6. The number of hydrogen-bond acceptors (Lipinski definition) is 2. The summed E-state index contributed by atoms with van der Waals surface area (Å²) in [7, 11) is 0. The number of benzene rings is 1. The van der Waals surface area contributed by atoms with E-state index in [1.54, 1.807) is 0 Å². The molecule has 2 rings (SSSR count). The molecule has 1 aliphatic rings. The molecule has 0 saturated carbocycles. The Morgan fingerprint density at radius 3 is 1.45 bits per heavy atom. The molecule has 33 heavy (non-hydrogen) atoms. The summed E-state index contributed by atoms with van der Waals surface area (Å²) in [4.78, 5) is 5.13. The topological polar surface area (TPSA) is 6.48 Å². The first-order valence-corrected chi connectivity index (χ1v) is 14.6. The van der Waals surface area contributed by atoms with Crippen LogP contribution in [0.5, 0.6) is 0 Å². The highest BCUT2D eigenvalue weighted by Crippen LogP contribution is 2.22. The number of nitrogens with zero attached hydrogens (tertiary/aromatic N) is 2. The summed E-state index contributed by atoms with van der Waals surface area (Å²) >= 11 is 0. The molecule has 0 fully saturated rings. The van der Waals surface area contributed by atoms with Gasteiger partial charge in [-0.25, -0.2) is 0 Å². The first-order chi connectivity index (χ1) is 16.3. The maximum Gasteiger partial charge on any atom is 0.105 e. The zero-order chi connectivity index (χ0) is 23.4. The van der Waals surface area contributed by atoms with E-state index in [0.717, 1.165) is 13.0 Å². The van der Waals surface area contributed by atoms with Crippen LogP contribution in [0.15, 0.2) is 42.7 Å². The van der Waals surface area contributed by atoms with Crippen molar-refractivity contribution in [1.82, 2.24) is 9.80 Å². The van der Waals surface area contributed by atoms with Gasteiger partial charge in [0.1, 0.15) is 6.17 Å². The molecule has 0 spiro atoms. The van der Waals surface area contributed by atoms with Crippen molar-refractivity contribution in [1.29, 1.82) is 0 Å². The Morgan fingerprint density at radius 1 is 0.515 bits per heavy atom. The van der Waals surface area contributed by atoms with E-state index in [-0.39, 0.29) is 0 Å². The van der Waals surface area contributed by atoms with Crippen molar-refractivity contribution in [3.8, 4) is 0 Å². The van der Waals surface area contributed by atoms with Gasteiger partial charge in [-0.15, -0.1) is 0 Å². The second-order valence-corrected chi connectivity index (χ2v) is 10.2. The molecule has 1 aliphatic heterocycles. The van der Waals surface area contributed by atoms with Crippen molar-refractivity contribution in [2.24, 2.45) is 0 Å². The second kappa shape index (κ2) is 18.9. The van der Waals surface area contributed by atoms with Gasteiger partial charge >= 0.3 is 0 Å². The van der Waals surface area contributed by atoms with Crippen LogP contribution in [0.3, 0.4) is 0 Å². The molecule has 0 N–H and O–H groups in total. The van der Waals surface area contributed by atoms with E-state index in [1.165, 1.54) is 121 Å². The molecule has 0 aromatic heterocycles. The molecule has 0 bridgehead atoms. The second-order valence-electron chi connectivity index (χ2n) is 10.2. The molecule has 1 aromatic rings. The summed E-state index contributed by atoms with van der Waals surface area (Å²) < 4.78 is 0. The average molecular weight is 455 g/mol. The lowest BCUT2D eigenvalue weighted by molar-refractivity contribution is 0.150. The predicted octanol–water partition coefficient (Wildman–Crippen LogP) is 9.32. The Morgan fingerprint density at radius 2 is 0.970 bits per heavy atom. The van der Waals surface area contributed by atoms with E-state index in [2.05, 4.69) is 66.4 Å². The van der Waals surface area contributed by atoms with Gasteiger partial charge in [0.2, 0.25) is 0 Å². The fourth-order valence-corrected chi connectivity index (χ4v) is 5.17. The summed E-state index contributed by atoms with van der Waals surface area (Å²) in [5.41, 5.74) is 1.45. The maximum atomic E-state index is 2.59. The zero-order valence-corrected chi connectivity index (χ0v) is 22.2. The third kappa shape index (κ3) is 12.6. The average Bonchev–Trinajstić information content (AvgIpc) is 3.20. The monoisotopic (exact) mass is 454 g/mol. The van der Waals surface area contributed by atoms with Crippen LogP contribution in [0.1, 0.15) is 129 Å². The van der Waals surface area contributed by atoms with Gasteiger partial charge in [-0.1, -0.05) is 140 Å². The van der Waals surface area contributed by atoms with Crippen LogP contribution in [0, 0.1) is 0 Å². The molecular formula is C31H54N2. The van der Waals surface area contributed by atoms with Crippen LogP contribution in [0.25, 0.3) is 0 Å². The fraction of sp³-hybridized carbons (Fsp3) is 0.742. The highest BCUT2D eigenvalue weighted by Gasteiger charge is 2.25. The summed E-state index contributed by atoms with van der Waals surface area (Å²) in [6.45, 7) is 6.94. The Bertz CT molecular complexity index is 582. The lowest BCUT2D eigenvalue weighted by Crippen LogP contribution is -2.41. The van der Waals surface area contributed by atoms with Gasteiger partial charge in [0.05, 0.1) is 0 Å². The molecular weight excluding hydrogens is 400 g/mol. The van der Waals surface area contributed by atoms with Crippen LogP contribution in [-0.2, 0) is 6.42 Å². The van der Waals surface area contributed by atoms with E-state index in [4.69, 9.17) is 0 Å². The van der Waals surface area contributed by atoms with Crippen molar-refractivity contribution < 1.29 is 0 Å². The Balaban J connectivity index is 1.45. The van der Waals surface area contributed by atoms with Gasteiger partial charge in [-0.2, -0.15) is 0 Å². The first-order valence-electron chi connectivity index (χ1n) is 14.6. The van der Waals surface area contributed by atoms with Gasteiger partial charge in [0.25, 0.3) is 0 Å². The smallest absolute Gasteiger partial charge is 0.105 e. The fourth-order valence-electron chi connectivity index (χ4n) is 5.17. The van der Waals surface area contributed by atoms with Gasteiger partial charge in [-0.05, 0) is 18.4 Å². The molecule has 2 nitrogen and oxygen atoms in total. The zero-order valence-electron chi connectivity index (χ0n) is 22.2. The SMILES string of the molecule is CCCCCCCCCCCCCCCCCCN1C=CN(CCC)C1Cc1ccccc1. The first kappa shape index (κ1) is 27.8. The number of rotatable bonds is 21. The molecule has 2 heteroatoms. The van der Waals surface area contributed by atoms with Crippen molar-refractivity contribution in [3.63, 3.8) is 0 Å². The predicted molar refractivity (Wildman–Crippen MR) is 146 cm³/mol. The molecule has 0 aliphatic carbocycles. The van der Waals surface area contributed by atoms with Crippen LogP contribution in [-0.4, -0.2) is 29.1 Å². The lowest BCUT2D eigenvalue weighted by Gasteiger charge is -2.33. The van der Waals surface area contributed by atoms with Gasteiger partial charge < -0.3 is 9.80 Å². The molecule has 1 heterocycles. The highest BCUT2D eigenvalue weighted by molar-refractivity contribution is 5.17. The third-order valence-electron chi connectivity index (χ3n) is 7.23. The van der Waals surface area contributed by atoms with Crippen molar-refractivity contribution in [2.75, 3.05) is 13.1 Å². The molecule has 0 radical (unpaired) electrons. The van der Waals surface area contributed by atoms with E-state index in [1.807, 2.05) is 0 Å². The molecule has 0 saturated heterocycles. The van der Waals surface area contributed by atoms with Crippen LogP contribution < -0.4 is 0 Å². The molecule has 1 unspecified atom stereocenters. The Labute approximate surface area is 206 Å².